The molecule has 0 unspecified atom stereocenters. The molecule has 0 saturated carbocycles. The van der Waals surface area contributed by atoms with Crippen molar-refractivity contribution in [2.45, 2.75) is 34.6 Å². The van der Waals surface area contributed by atoms with Gasteiger partial charge in [0.05, 0.1) is 0 Å². The Morgan fingerprint density at radius 3 is 0.875 bits per heavy atom. The van der Waals surface area contributed by atoms with Crippen LogP contribution in [0.25, 0.3) is 0 Å². The average Bonchev–Trinajstić information content (AvgIpc) is 2.23. The van der Waals surface area contributed by atoms with Gasteiger partial charge in [0.15, 0.2) is 0 Å². The number of hydrogen-bond acceptors (Lipinski definition) is 0. The molecule has 0 fully saturated rings. The fourth-order valence-corrected chi connectivity index (χ4v) is 1.41. The van der Waals surface area contributed by atoms with E-state index in [1.54, 1.807) is 0 Å². The summed E-state index contributed by atoms with van der Waals surface area (Å²) < 4.78 is 0. The van der Waals surface area contributed by atoms with Gasteiger partial charge in [0.25, 0.3) is 0 Å². The smallest absolute Gasteiger partial charge is 0.116 e. The van der Waals surface area contributed by atoms with Crippen LogP contribution >= 0.6 is 7.92 Å². The molecule has 0 aromatic rings. The van der Waals surface area contributed by atoms with Crippen molar-refractivity contribution in [3.63, 3.8) is 0 Å². The third-order valence-electron chi connectivity index (χ3n) is 2.81. The molecule has 0 saturated heterocycles. The van der Waals surface area contributed by atoms with E-state index in [0.29, 0.717) is 7.92 Å². The minimum Gasteiger partial charge on any atom is -0.116 e. The second-order valence-electron chi connectivity index (χ2n) is 4.47. The molecule has 0 atom stereocenters. The summed E-state index contributed by atoms with van der Waals surface area (Å²) in [5.74, 6) is 1.47. The Hall–Kier alpha value is 1.16. The van der Waals surface area contributed by atoms with Gasteiger partial charge in [-0.05, 0) is 58.8 Å². The van der Waals surface area contributed by atoms with Gasteiger partial charge in [-0.25, -0.2) is 0 Å². The molecule has 1 aliphatic rings. The molecule has 0 amide bonds. The standard InChI is InChI=1S/C10H15.C3H9P.Ir.Li/c1-6-7(2)9(4)10(5)8(6)3;1-4(2)3;;/h1-5H3;1-3H3;;/q;;;+1. The van der Waals surface area contributed by atoms with E-state index in [-0.39, 0.29) is 39.0 Å². The maximum Gasteiger partial charge on any atom is 1.00 e. The Kier molecular flexibility index (Phi) is 14.1. The minimum atomic E-state index is 0. The summed E-state index contributed by atoms with van der Waals surface area (Å²) in [6.45, 7) is 17.7. The van der Waals surface area contributed by atoms with Crippen LogP contribution in [-0.2, 0) is 20.1 Å². The van der Waals surface area contributed by atoms with Crippen LogP contribution < -0.4 is 18.9 Å². The summed E-state index contributed by atoms with van der Waals surface area (Å²) in [5.41, 5.74) is 5.87. The van der Waals surface area contributed by atoms with Crippen LogP contribution in [0.5, 0.6) is 0 Å². The Morgan fingerprint density at radius 2 is 0.812 bits per heavy atom. The van der Waals surface area contributed by atoms with Crippen LogP contribution in [-0.4, -0.2) is 20.0 Å². The topological polar surface area (TPSA) is 0 Å². The van der Waals surface area contributed by atoms with E-state index in [1.165, 1.54) is 28.2 Å². The molecule has 0 aromatic carbocycles. The maximum atomic E-state index is 2.23. The van der Waals surface area contributed by atoms with Crippen molar-refractivity contribution >= 4 is 7.92 Å². The summed E-state index contributed by atoms with van der Waals surface area (Å²) in [6.07, 6.45) is 0. The molecular weight excluding hydrogens is 386 g/mol. The molecule has 3 heteroatoms. The zero-order chi connectivity index (χ0) is 11.5. The molecule has 1 rings (SSSR count). The minimum absolute atomic E-state index is 0. The van der Waals surface area contributed by atoms with Crippen molar-refractivity contribution in [1.29, 1.82) is 0 Å². The molecule has 0 spiro atoms. The summed E-state index contributed by atoms with van der Waals surface area (Å²) in [7, 11) is 0.380. The average molecular weight is 410 g/mol. The fraction of sp³-hybridized carbons (Fsp3) is 0.615. The van der Waals surface area contributed by atoms with Gasteiger partial charge in [0.1, 0.15) is 0 Å². The van der Waals surface area contributed by atoms with Gasteiger partial charge in [0, 0.05) is 26.0 Å². The van der Waals surface area contributed by atoms with Crippen molar-refractivity contribution in [2.24, 2.45) is 0 Å². The summed E-state index contributed by atoms with van der Waals surface area (Å²) in [4.78, 5) is 0. The maximum absolute atomic E-state index is 2.23. The van der Waals surface area contributed by atoms with Crippen LogP contribution in [0.4, 0.5) is 0 Å². The van der Waals surface area contributed by atoms with Gasteiger partial charge < -0.3 is 0 Å². The van der Waals surface area contributed by atoms with Crippen LogP contribution in [0.1, 0.15) is 34.6 Å². The number of allylic oxidation sites excluding steroid dienone is 4. The molecular formula is C13H24IrLiP+. The Morgan fingerprint density at radius 1 is 0.625 bits per heavy atom. The summed E-state index contributed by atoms with van der Waals surface area (Å²) in [5, 5.41) is 0. The van der Waals surface area contributed by atoms with Gasteiger partial charge in [-0.1, -0.05) is 18.1 Å². The van der Waals surface area contributed by atoms with Gasteiger partial charge in [-0.3, -0.25) is 0 Å². The Labute approximate surface area is 129 Å². The molecule has 0 bridgehead atoms. The molecule has 90 valence electrons. The SMILES string of the molecule is CP(C)C.C[C]1C(C)=C(C)C(C)=C1C.[Ir].[Li+]. The van der Waals surface area contributed by atoms with Gasteiger partial charge >= 0.3 is 18.9 Å². The van der Waals surface area contributed by atoms with E-state index < -0.39 is 0 Å². The number of rotatable bonds is 0. The van der Waals surface area contributed by atoms with E-state index in [1.807, 2.05) is 0 Å². The summed E-state index contributed by atoms with van der Waals surface area (Å²) >= 11 is 0. The van der Waals surface area contributed by atoms with Gasteiger partial charge in [-0.15, -0.1) is 7.92 Å². The monoisotopic (exact) mass is 411 g/mol. The van der Waals surface area contributed by atoms with E-state index >= 15 is 0 Å². The van der Waals surface area contributed by atoms with E-state index in [9.17, 15) is 0 Å². The second kappa shape index (κ2) is 10.1. The first-order valence-electron chi connectivity index (χ1n) is 5.09. The summed E-state index contributed by atoms with van der Waals surface area (Å²) in [6, 6.07) is 0. The third kappa shape index (κ3) is 6.79. The first-order chi connectivity index (χ1) is 6.29. The van der Waals surface area contributed by atoms with Crippen molar-refractivity contribution in [3.8, 4) is 0 Å². The van der Waals surface area contributed by atoms with E-state index in [4.69, 9.17) is 0 Å². The predicted molar refractivity (Wildman–Crippen MR) is 70.4 cm³/mol. The van der Waals surface area contributed by atoms with Crippen molar-refractivity contribution in [2.75, 3.05) is 20.0 Å². The van der Waals surface area contributed by atoms with E-state index in [0.717, 1.165) is 0 Å². The normalized spacial score (nSPS) is 15.6. The molecule has 0 nitrogen and oxygen atoms in total. The van der Waals surface area contributed by atoms with Crippen LogP contribution in [0.2, 0.25) is 0 Å². The van der Waals surface area contributed by atoms with Crippen molar-refractivity contribution < 1.29 is 39.0 Å². The molecule has 0 heterocycles. The molecule has 2 radical (unpaired) electrons. The fourth-order valence-electron chi connectivity index (χ4n) is 1.41. The van der Waals surface area contributed by atoms with Crippen LogP contribution in [0, 0.1) is 5.92 Å². The largest absolute Gasteiger partial charge is 1.00 e. The van der Waals surface area contributed by atoms with E-state index in [2.05, 4.69) is 54.6 Å². The van der Waals surface area contributed by atoms with Crippen LogP contribution in [0.15, 0.2) is 22.3 Å². The van der Waals surface area contributed by atoms with Crippen LogP contribution in [0.3, 0.4) is 0 Å². The molecule has 16 heavy (non-hydrogen) atoms. The molecule has 1 aliphatic carbocycles. The van der Waals surface area contributed by atoms with Crippen molar-refractivity contribution in [1.82, 2.24) is 0 Å². The Balaban J connectivity index is -0.000000249. The van der Waals surface area contributed by atoms with Gasteiger partial charge in [0.2, 0.25) is 0 Å². The third-order valence-corrected chi connectivity index (χ3v) is 2.81. The quantitative estimate of drug-likeness (QED) is 0.421. The Bertz CT molecular complexity index is 240. The number of hydrogen-bond donors (Lipinski definition) is 0. The second-order valence-corrected chi connectivity index (χ2v) is 7.15. The molecule has 0 N–H and O–H groups in total. The van der Waals surface area contributed by atoms with Crippen molar-refractivity contribution in [3.05, 3.63) is 28.2 Å². The van der Waals surface area contributed by atoms with Gasteiger partial charge in [-0.2, -0.15) is 0 Å². The molecule has 0 aliphatic heterocycles. The first-order valence-corrected chi connectivity index (χ1v) is 7.77. The zero-order valence-corrected chi connectivity index (χ0v) is 15.6. The molecule has 0 aromatic heterocycles. The zero-order valence-electron chi connectivity index (χ0n) is 12.3. The first kappa shape index (κ1) is 22.3. The predicted octanol–water partition coefficient (Wildman–Crippen LogP) is 1.63.